The van der Waals surface area contributed by atoms with Gasteiger partial charge in [0.15, 0.2) is 0 Å². The lowest BCUT2D eigenvalue weighted by Crippen LogP contribution is -2.78. The number of para-hydroxylation sites is 1. The largest absolute Gasteiger partial charge is 0.469 e. The molecular formula is C33H37N3O6. The van der Waals surface area contributed by atoms with Crippen LogP contribution >= 0.6 is 0 Å². The van der Waals surface area contributed by atoms with Gasteiger partial charge in [-0.25, -0.2) is 0 Å². The quantitative estimate of drug-likeness (QED) is 0.367. The maximum absolute atomic E-state index is 14.3. The molecule has 0 saturated carbocycles. The molecule has 7 rings (SSSR count). The predicted molar refractivity (Wildman–Crippen MR) is 154 cm³/mol. The number of H-pyrrole nitrogens is 1. The second-order valence-corrected chi connectivity index (χ2v) is 12.4. The molecule has 1 spiro atoms. The molecule has 0 aliphatic carbocycles. The molecular weight excluding hydrogens is 534 g/mol. The van der Waals surface area contributed by atoms with Gasteiger partial charge in [0.25, 0.3) is 0 Å². The van der Waals surface area contributed by atoms with Crippen LogP contribution in [0.1, 0.15) is 42.5 Å². The van der Waals surface area contributed by atoms with Crippen molar-refractivity contribution in [1.29, 1.82) is 0 Å². The lowest BCUT2D eigenvalue weighted by atomic mass is 9.54. The second kappa shape index (κ2) is 9.67. The van der Waals surface area contributed by atoms with Crippen LogP contribution in [-0.2, 0) is 47.1 Å². The van der Waals surface area contributed by atoms with E-state index in [1.165, 1.54) is 26.9 Å². The van der Waals surface area contributed by atoms with Gasteiger partial charge in [-0.15, -0.1) is 0 Å². The highest BCUT2D eigenvalue weighted by molar-refractivity contribution is 5.92. The number of methoxy groups -OCH3 is 3. The first-order valence-electron chi connectivity index (χ1n) is 14.8. The number of rotatable bonds is 5. The molecule has 2 aromatic carbocycles. The van der Waals surface area contributed by atoms with Crippen LogP contribution in [0.15, 0.2) is 54.6 Å². The fourth-order valence-electron chi connectivity index (χ4n) is 9.27. The fourth-order valence-corrected chi connectivity index (χ4v) is 9.27. The van der Waals surface area contributed by atoms with Gasteiger partial charge in [-0.3, -0.25) is 24.2 Å². The standard InChI is InChI=1S/C33H37N3O6/c1-40-28(37)24-18-32(30(39)42-3)17-23-22-11-7-8-12-25(22)34-27(23)33-15-16-35(19-21-9-5-4-6-10-21)20-31(33,29(38)41-2)14-13-26(24)36(32)33/h4-12,24,26,34H,13-20H2,1-3H3/t24-,26-,31+,32-,33+/m0/s1. The Hall–Kier alpha value is -3.69. The lowest BCUT2D eigenvalue weighted by molar-refractivity contribution is -0.216. The third-order valence-electron chi connectivity index (χ3n) is 10.8. The van der Waals surface area contributed by atoms with Crippen LogP contribution in [0, 0.1) is 11.3 Å². The number of carbonyl (C=O) groups excluding carboxylic acids is 3. The molecule has 0 unspecified atom stereocenters. The number of likely N-dealkylation sites (tertiary alicyclic amines) is 1. The number of ether oxygens (including phenoxy) is 3. The summed E-state index contributed by atoms with van der Waals surface area (Å²) < 4.78 is 16.5. The summed E-state index contributed by atoms with van der Waals surface area (Å²) in [6.07, 6.45) is 2.33. The van der Waals surface area contributed by atoms with Gasteiger partial charge in [-0.05, 0) is 42.9 Å². The van der Waals surface area contributed by atoms with E-state index in [1.807, 2.05) is 36.4 Å². The van der Waals surface area contributed by atoms with Crippen molar-refractivity contribution in [3.05, 3.63) is 71.4 Å². The van der Waals surface area contributed by atoms with Crippen molar-refractivity contribution in [2.45, 2.75) is 55.8 Å². The highest BCUT2D eigenvalue weighted by Crippen LogP contribution is 2.67. The van der Waals surface area contributed by atoms with Crippen LogP contribution in [0.25, 0.3) is 10.9 Å². The Morgan fingerprint density at radius 3 is 2.40 bits per heavy atom. The van der Waals surface area contributed by atoms with Crippen LogP contribution in [0.2, 0.25) is 0 Å². The number of hydrogen-bond acceptors (Lipinski definition) is 8. The number of aromatic amines is 1. The predicted octanol–water partition coefficient (Wildman–Crippen LogP) is 3.55. The third-order valence-corrected chi connectivity index (χ3v) is 10.8. The van der Waals surface area contributed by atoms with Crippen molar-refractivity contribution < 1.29 is 28.6 Å². The summed E-state index contributed by atoms with van der Waals surface area (Å²) in [4.78, 5) is 50.1. The zero-order valence-electron chi connectivity index (χ0n) is 24.4. The molecule has 220 valence electrons. The average Bonchev–Trinajstić information content (AvgIpc) is 3.58. The zero-order chi connectivity index (χ0) is 29.3. The molecule has 3 fully saturated rings. The van der Waals surface area contributed by atoms with E-state index < -0.39 is 22.4 Å². The average molecular weight is 572 g/mol. The number of hydrogen-bond donors (Lipinski definition) is 1. The fraction of sp³-hybridized carbons (Fsp3) is 0.485. The third kappa shape index (κ3) is 3.40. The topological polar surface area (TPSA) is 101 Å². The Morgan fingerprint density at radius 1 is 0.929 bits per heavy atom. The van der Waals surface area contributed by atoms with E-state index in [-0.39, 0.29) is 30.4 Å². The maximum atomic E-state index is 14.3. The van der Waals surface area contributed by atoms with Crippen LogP contribution in [0.5, 0.6) is 0 Å². The number of esters is 3. The maximum Gasteiger partial charge on any atom is 0.326 e. The van der Waals surface area contributed by atoms with Gasteiger partial charge in [0, 0.05) is 48.7 Å². The van der Waals surface area contributed by atoms with Gasteiger partial charge >= 0.3 is 17.9 Å². The number of benzene rings is 2. The van der Waals surface area contributed by atoms with Gasteiger partial charge in [-0.1, -0.05) is 48.5 Å². The van der Waals surface area contributed by atoms with E-state index in [4.69, 9.17) is 14.2 Å². The number of aromatic nitrogens is 1. The first kappa shape index (κ1) is 27.2. The van der Waals surface area contributed by atoms with Crippen molar-refractivity contribution >= 4 is 28.8 Å². The molecule has 42 heavy (non-hydrogen) atoms. The lowest BCUT2D eigenvalue weighted by Gasteiger charge is -2.67. The first-order chi connectivity index (χ1) is 20.3. The Kier molecular flexibility index (Phi) is 6.26. The van der Waals surface area contributed by atoms with Gasteiger partial charge in [0.2, 0.25) is 0 Å². The second-order valence-electron chi connectivity index (χ2n) is 12.4. The molecule has 5 heterocycles. The zero-order valence-corrected chi connectivity index (χ0v) is 24.4. The van der Waals surface area contributed by atoms with Crippen LogP contribution in [-0.4, -0.2) is 78.7 Å². The summed E-state index contributed by atoms with van der Waals surface area (Å²) in [7, 11) is 4.27. The molecule has 1 aromatic heterocycles. The van der Waals surface area contributed by atoms with Crippen LogP contribution < -0.4 is 0 Å². The Bertz CT molecular complexity index is 1570. The molecule has 4 aliphatic rings. The van der Waals surface area contributed by atoms with Crippen molar-refractivity contribution in [2.24, 2.45) is 11.3 Å². The summed E-state index contributed by atoms with van der Waals surface area (Å²) in [5.74, 6) is -1.50. The molecule has 1 N–H and O–H groups in total. The summed E-state index contributed by atoms with van der Waals surface area (Å²) in [5.41, 5.74) is 1.08. The van der Waals surface area contributed by atoms with Crippen molar-refractivity contribution in [1.82, 2.24) is 14.8 Å². The number of fused-ring (bicyclic) bond motifs is 3. The van der Waals surface area contributed by atoms with Crippen molar-refractivity contribution in [2.75, 3.05) is 34.4 Å². The summed E-state index contributed by atoms with van der Waals surface area (Å²) in [6.45, 7) is 1.87. The minimum Gasteiger partial charge on any atom is -0.469 e. The van der Waals surface area contributed by atoms with E-state index in [2.05, 4.69) is 33.0 Å². The van der Waals surface area contributed by atoms with Crippen LogP contribution in [0.3, 0.4) is 0 Å². The molecule has 4 aliphatic heterocycles. The SMILES string of the molecule is COC(=O)[C@H]1C[C@]2(C(=O)OC)Cc3c([nH]c4ccccc34)[C@]34CCN(Cc5ccccc5)C[C@@]3(C(=O)OC)CC[C@@H]1N24. The van der Waals surface area contributed by atoms with Gasteiger partial charge in [-0.2, -0.15) is 0 Å². The Morgan fingerprint density at radius 2 is 1.67 bits per heavy atom. The molecule has 3 saturated heterocycles. The van der Waals surface area contributed by atoms with E-state index in [9.17, 15) is 14.4 Å². The van der Waals surface area contributed by atoms with E-state index >= 15 is 0 Å². The smallest absolute Gasteiger partial charge is 0.326 e. The van der Waals surface area contributed by atoms with Gasteiger partial charge in [0.05, 0.1) is 32.8 Å². The van der Waals surface area contributed by atoms with Crippen molar-refractivity contribution in [3.8, 4) is 0 Å². The molecule has 3 aromatic rings. The molecule has 0 radical (unpaired) electrons. The first-order valence-corrected chi connectivity index (χ1v) is 14.8. The van der Waals surface area contributed by atoms with Crippen molar-refractivity contribution in [3.63, 3.8) is 0 Å². The monoisotopic (exact) mass is 571 g/mol. The summed E-state index contributed by atoms with van der Waals surface area (Å²) in [5, 5.41) is 1.03. The number of nitrogens with zero attached hydrogens (tertiary/aromatic N) is 2. The number of carbonyl (C=O) groups is 3. The minimum atomic E-state index is -1.13. The normalized spacial score (nSPS) is 32.0. The highest BCUT2D eigenvalue weighted by Gasteiger charge is 2.77. The highest BCUT2D eigenvalue weighted by atomic mass is 16.5. The van der Waals surface area contributed by atoms with E-state index in [0.717, 1.165) is 22.2 Å². The van der Waals surface area contributed by atoms with E-state index in [0.29, 0.717) is 45.3 Å². The van der Waals surface area contributed by atoms with Crippen LogP contribution in [0.4, 0.5) is 0 Å². The van der Waals surface area contributed by atoms with Gasteiger partial charge in [0.1, 0.15) is 11.0 Å². The van der Waals surface area contributed by atoms with E-state index in [1.54, 1.807) is 0 Å². The molecule has 0 amide bonds. The Labute approximate surface area is 245 Å². The summed E-state index contributed by atoms with van der Waals surface area (Å²) in [6, 6.07) is 18.1. The molecule has 5 atom stereocenters. The van der Waals surface area contributed by atoms with Gasteiger partial charge < -0.3 is 19.2 Å². The molecule has 9 heteroatoms. The molecule has 0 bridgehead atoms. The number of piperidine rings is 2. The number of nitrogens with one attached hydrogen (secondary N) is 1. The Balaban J connectivity index is 1.49. The summed E-state index contributed by atoms with van der Waals surface area (Å²) >= 11 is 0. The molecule has 9 nitrogen and oxygen atoms in total. The minimum absolute atomic E-state index is 0.280.